The van der Waals surface area contributed by atoms with Crippen LogP contribution in [0.4, 0.5) is 5.69 Å². The van der Waals surface area contributed by atoms with Crippen LogP contribution in [0.15, 0.2) is 46.9 Å². The fourth-order valence-corrected chi connectivity index (χ4v) is 4.96. The maximum Gasteiger partial charge on any atom is 0.254 e. The topological polar surface area (TPSA) is 113 Å². The molecule has 1 unspecified atom stereocenters. The van der Waals surface area contributed by atoms with Gasteiger partial charge >= 0.3 is 0 Å². The molecule has 9 heteroatoms. The molecule has 8 nitrogen and oxygen atoms in total. The summed E-state index contributed by atoms with van der Waals surface area (Å²) in [6.07, 6.45) is 1.88. The standard InChI is InChI=1S/C24H25N5O3S/c1-14-10-18(17-11-16(30)7-8-19(17)26-14)24(31)29-9-3-4-15(12-29)13-32-21-6-2-5-20-22(21)23(25)28-33-27-20/h2,5-8,10-11,15,27,30H,3-4,9,12-13H2,1H3,(H2,25,28). The minimum Gasteiger partial charge on any atom is -0.508 e. The Bertz CT molecular complexity index is 1260. The number of rotatable bonds is 4. The van der Waals surface area contributed by atoms with E-state index in [4.69, 9.17) is 10.5 Å². The molecular weight excluding hydrogens is 438 g/mol. The minimum absolute atomic E-state index is 0.0458. The Balaban J connectivity index is 1.33. The van der Waals surface area contributed by atoms with Gasteiger partial charge in [-0.05, 0) is 56.2 Å². The predicted molar refractivity (Wildman–Crippen MR) is 131 cm³/mol. The number of carbonyl (C=O) groups excluding carboxylic acids is 1. The zero-order valence-electron chi connectivity index (χ0n) is 18.2. The van der Waals surface area contributed by atoms with Gasteiger partial charge in [-0.25, -0.2) is 0 Å². The van der Waals surface area contributed by atoms with Crippen molar-refractivity contribution in [2.45, 2.75) is 19.8 Å². The molecule has 2 aromatic carbocycles. The number of aryl methyl sites for hydroxylation is 1. The van der Waals surface area contributed by atoms with Crippen molar-refractivity contribution < 1.29 is 14.6 Å². The summed E-state index contributed by atoms with van der Waals surface area (Å²) in [6.45, 7) is 3.65. The van der Waals surface area contributed by atoms with Gasteiger partial charge in [-0.15, -0.1) is 0 Å². The molecule has 170 valence electrons. The first-order chi connectivity index (χ1) is 16.0. The SMILES string of the molecule is Cc1cc(C(=O)N2CCCC(COc3cccc4c3C(N)=NSN4)C2)c2cc(O)ccc2n1. The number of ether oxygens (including phenoxy) is 1. The van der Waals surface area contributed by atoms with Crippen LogP contribution in [-0.4, -0.2) is 46.4 Å². The summed E-state index contributed by atoms with van der Waals surface area (Å²) in [7, 11) is 0. The zero-order valence-corrected chi connectivity index (χ0v) is 19.1. The predicted octanol–water partition coefficient (Wildman–Crippen LogP) is 3.87. The Morgan fingerprint density at radius 3 is 3.09 bits per heavy atom. The number of fused-ring (bicyclic) bond motifs is 2. The average Bonchev–Trinajstić information content (AvgIpc) is 2.82. The van der Waals surface area contributed by atoms with Crippen molar-refractivity contribution in [2.75, 3.05) is 24.4 Å². The molecule has 0 bridgehead atoms. The number of nitrogens with one attached hydrogen (secondary N) is 1. The van der Waals surface area contributed by atoms with Crippen molar-refractivity contribution in [3.63, 3.8) is 0 Å². The summed E-state index contributed by atoms with van der Waals surface area (Å²) >= 11 is 1.20. The number of amides is 1. The number of amidine groups is 1. The van der Waals surface area contributed by atoms with Gasteiger partial charge in [0.2, 0.25) is 0 Å². The van der Waals surface area contributed by atoms with Gasteiger partial charge in [-0.1, -0.05) is 6.07 Å². The van der Waals surface area contributed by atoms with E-state index in [1.807, 2.05) is 30.0 Å². The van der Waals surface area contributed by atoms with Crippen LogP contribution in [0.5, 0.6) is 11.5 Å². The fraction of sp³-hybridized carbons (Fsp3) is 0.292. The lowest BCUT2D eigenvalue weighted by Gasteiger charge is -2.33. The molecule has 3 heterocycles. The quantitative estimate of drug-likeness (QED) is 0.503. The Morgan fingerprint density at radius 1 is 1.33 bits per heavy atom. The van der Waals surface area contributed by atoms with Gasteiger partial charge in [0.1, 0.15) is 17.3 Å². The molecule has 5 rings (SSSR count). The highest BCUT2D eigenvalue weighted by atomic mass is 32.2. The van der Waals surface area contributed by atoms with Gasteiger partial charge in [-0.3, -0.25) is 9.78 Å². The van der Waals surface area contributed by atoms with E-state index in [9.17, 15) is 9.90 Å². The van der Waals surface area contributed by atoms with Crippen LogP contribution in [0.2, 0.25) is 0 Å². The Kier molecular flexibility index (Phi) is 5.72. The summed E-state index contributed by atoms with van der Waals surface area (Å²) in [5.74, 6) is 1.40. The van der Waals surface area contributed by atoms with Crippen LogP contribution < -0.4 is 15.2 Å². The number of carbonyl (C=O) groups is 1. The number of pyridine rings is 1. The Labute approximate surface area is 196 Å². The monoisotopic (exact) mass is 463 g/mol. The minimum atomic E-state index is -0.0458. The molecular formula is C24H25N5O3S. The smallest absolute Gasteiger partial charge is 0.254 e. The fourth-order valence-electron chi connectivity index (χ4n) is 4.45. The second-order valence-electron chi connectivity index (χ2n) is 8.43. The molecule has 1 fully saturated rings. The highest BCUT2D eigenvalue weighted by Crippen LogP contribution is 2.33. The Morgan fingerprint density at radius 2 is 2.21 bits per heavy atom. The summed E-state index contributed by atoms with van der Waals surface area (Å²) in [6, 6.07) is 12.5. The third-order valence-corrected chi connectivity index (χ3v) is 6.61. The molecule has 3 aromatic rings. The number of aromatic nitrogens is 1. The van der Waals surface area contributed by atoms with E-state index in [2.05, 4.69) is 14.1 Å². The molecule has 1 aromatic heterocycles. The van der Waals surface area contributed by atoms with Crippen LogP contribution in [-0.2, 0) is 0 Å². The molecule has 1 amide bonds. The number of likely N-dealkylation sites (tertiary alicyclic amines) is 1. The van der Waals surface area contributed by atoms with Crippen molar-refractivity contribution in [3.8, 4) is 11.5 Å². The second kappa shape index (κ2) is 8.82. The largest absolute Gasteiger partial charge is 0.508 e. The van der Waals surface area contributed by atoms with Crippen LogP contribution in [0.3, 0.4) is 0 Å². The van der Waals surface area contributed by atoms with Crippen LogP contribution in [0.1, 0.15) is 34.5 Å². The van der Waals surface area contributed by atoms with Crippen molar-refractivity contribution in [2.24, 2.45) is 16.0 Å². The van der Waals surface area contributed by atoms with Crippen molar-refractivity contribution >= 4 is 40.5 Å². The molecule has 33 heavy (non-hydrogen) atoms. The number of benzene rings is 2. The molecule has 2 aliphatic rings. The molecule has 0 saturated carbocycles. The third kappa shape index (κ3) is 4.28. The molecule has 4 N–H and O–H groups in total. The first-order valence-corrected chi connectivity index (χ1v) is 11.7. The number of hydrogen-bond acceptors (Lipinski definition) is 8. The van der Waals surface area contributed by atoms with Crippen molar-refractivity contribution in [3.05, 3.63) is 59.3 Å². The third-order valence-electron chi connectivity index (χ3n) is 6.01. The van der Waals surface area contributed by atoms with Crippen LogP contribution in [0, 0.1) is 12.8 Å². The summed E-state index contributed by atoms with van der Waals surface area (Å²) in [5, 5.41) is 10.6. The van der Waals surface area contributed by atoms with Gasteiger partial charge in [0.25, 0.3) is 5.91 Å². The maximum atomic E-state index is 13.5. The van der Waals surface area contributed by atoms with E-state index < -0.39 is 0 Å². The lowest BCUT2D eigenvalue weighted by Crippen LogP contribution is -2.41. The summed E-state index contributed by atoms with van der Waals surface area (Å²) in [5.41, 5.74) is 9.79. The zero-order chi connectivity index (χ0) is 22.9. The molecule has 0 radical (unpaired) electrons. The molecule has 1 atom stereocenters. The molecule has 0 aliphatic carbocycles. The van der Waals surface area contributed by atoms with E-state index in [0.717, 1.165) is 29.8 Å². The van der Waals surface area contributed by atoms with Gasteiger partial charge < -0.3 is 25.2 Å². The molecule has 2 aliphatic heterocycles. The normalized spacial score (nSPS) is 17.8. The van der Waals surface area contributed by atoms with Crippen molar-refractivity contribution in [1.29, 1.82) is 0 Å². The van der Waals surface area contributed by atoms with E-state index in [-0.39, 0.29) is 17.6 Å². The summed E-state index contributed by atoms with van der Waals surface area (Å²) in [4.78, 5) is 19.8. The lowest BCUT2D eigenvalue weighted by molar-refractivity contribution is 0.0635. The van der Waals surface area contributed by atoms with Gasteiger partial charge in [0.05, 0.1) is 41.1 Å². The average molecular weight is 464 g/mol. The maximum absolute atomic E-state index is 13.5. The number of piperidine rings is 1. The number of phenolic OH excluding ortho intramolecular Hbond substituents is 1. The highest BCUT2D eigenvalue weighted by molar-refractivity contribution is 7.99. The molecule has 0 spiro atoms. The van der Waals surface area contributed by atoms with Crippen LogP contribution >= 0.6 is 12.1 Å². The second-order valence-corrected chi connectivity index (χ2v) is 9.00. The van der Waals surface area contributed by atoms with Gasteiger partial charge in [0, 0.05) is 30.1 Å². The van der Waals surface area contributed by atoms with Crippen LogP contribution in [0.25, 0.3) is 10.9 Å². The number of phenols is 1. The van der Waals surface area contributed by atoms with E-state index in [1.54, 1.807) is 24.3 Å². The van der Waals surface area contributed by atoms with Gasteiger partial charge in [-0.2, -0.15) is 4.40 Å². The first-order valence-electron chi connectivity index (χ1n) is 10.9. The number of nitrogens with two attached hydrogens (primary N) is 1. The van der Waals surface area contributed by atoms with E-state index in [0.29, 0.717) is 47.7 Å². The lowest BCUT2D eigenvalue weighted by atomic mass is 9.97. The van der Waals surface area contributed by atoms with Gasteiger partial charge in [0.15, 0.2) is 0 Å². The van der Waals surface area contributed by atoms with E-state index in [1.165, 1.54) is 12.1 Å². The number of hydrogen-bond donors (Lipinski definition) is 3. The first kappa shape index (κ1) is 21.4. The Hall–Kier alpha value is -3.46. The number of nitrogens with zero attached hydrogens (tertiary/aromatic N) is 3. The number of aromatic hydroxyl groups is 1. The molecule has 1 saturated heterocycles. The number of anilines is 1. The highest BCUT2D eigenvalue weighted by Gasteiger charge is 2.27. The van der Waals surface area contributed by atoms with Crippen molar-refractivity contribution in [1.82, 2.24) is 9.88 Å². The van der Waals surface area contributed by atoms with E-state index >= 15 is 0 Å². The summed E-state index contributed by atoms with van der Waals surface area (Å²) < 4.78 is 13.5.